The maximum absolute atomic E-state index is 13.2. The lowest BCUT2D eigenvalue weighted by molar-refractivity contribution is -0.124. The number of hydrogen-bond donors (Lipinski definition) is 2. The van der Waals surface area contributed by atoms with Crippen molar-refractivity contribution < 1.29 is 14.4 Å². The number of carbonyl (C=O) groups excluding carboxylic acids is 3. The molecule has 0 bridgehead atoms. The summed E-state index contributed by atoms with van der Waals surface area (Å²) in [5.41, 5.74) is 11.2. The highest BCUT2D eigenvalue weighted by molar-refractivity contribution is 5.99. The second kappa shape index (κ2) is 16.0. The Morgan fingerprint density at radius 1 is 0.837 bits per heavy atom. The first-order valence-corrected chi connectivity index (χ1v) is 15.3. The summed E-state index contributed by atoms with van der Waals surface area (Å²) < 4.78 is 0. The number of piperazine rings is 1. The summed E-state index contributed by atoms with van der Waals surface area (Å²) in [6.07, 6.45) is 6.27. The van der Waals surface area contributed by atoms with E-state index in [1.165, 1.54) is 18.1 Å². The third-order valence-electron chi connectivity index (χ3n) is 8.07. The van der Waals surface area contributed by atoms with Gasteiger partial charge in [-0.05, 0) is 40.3 Å². The van der Waals surface area contributed by atoms with Crippen molar-refractivity contribution in [2.24, 2.45) is 5.73 Å². The molecule has 0 aliphatic carbocycles. The maximum Gasteiger partial charge on any atom is 0.249 e. The summed E-state index contributed by atoms with van der Waals surface area (Å²) in [5.74, 6) is -1.31. The van der Waals surface area contributed by atoms with Crippen LogP contribution in [0.5, 0.6) is 0 Å². The Morgan fingerprint density at radius 2 is 1.47 bits per heavy atom. The van der Waals surface area contributed by atoms with Crippen LogP contribution in [-0.2, 0) is 22.7 Å². The van der Waals surface area contributed by atoms with Crippen LogP contribution in [0, 0.1) is 0 Å². The molecule has 3 aromatic rings. The largest absolute Gasteiger partial charge is 0.366 e. The third kappa shape index (κ3) is 9.46. The van der Waals surface area contributed by atoms with E-state index in [1.54, 1.807) is 12.1 Å². The third-order valence-corrected chi connectivity index (χ3v) is 8.07. The van der Waals surface area contributed by atoms with E-state index in [1.807, 2.05) is 18.2 Å². The fourth-order valence-corrected chi connectivity index (χ4v) is 5.64. The molecule has 0 spiro atoms. The van der Waals surface area contributed by atoms with E-state index >= 15 is 0 Å². The average molecular weight is 581 g/mol. The van der Waals surface area contributed by atoms with Crippen LogP contribution >= 0.6 is 0 Å². The fraction of sp³-hybridized carbons (Fsp3) is 0.361. The molecular weight excluding hydrogens is 536 g/mol. The van der Waals surface area contributed by atoms with Gasteiger partial charge in [-0.15, -0.1) is 0 Å². The Bertz CT molecular complexity index is 1390. The van der Waals surface area contributed by atoms with Crippen LogP contribution in [-0.4, -0.2) is 60.1 Å². The predicted molar refractivity (Wildman–Crippen MR) is 173 cm³/mol. The number of primary amides is 1. The molecule has 3 aromatic carbocycles. The van der Waals surface area contributed by atoms with E-state index in [0.29, 0.717) is 17.5 Å². The molecule has 7 nitrogen and oxygen atoms in total. The molecule has 1 saturated heterocycles. The average Bonchev–Trinajstić information content (AvgIpc) is 3.01. The molecule has 3 N–H and O–H groups in total. The van der Waals surface area contributed by atoms with Crippen LogP contribution in [0.3, 0.4) is 0 Å². The van der Waals surface area contributed by atoms with Gasteiger partial charge < -0.3 is 11.1 Å². The molecule has 1 heterocycles. The lowest BCUT2D eigenvalue weighted by Crippen LogP contribution is -2.45. The van der Waals surface area contributed by atoms with Crippen LogP contribution in [0.15, 0.2) is 72.8 Å². The van der Waals surface area contributed by atoms with Gasteiger partial charge in [0.1, 0.15) is 0 Å². The molecule has 2 amide bonds. The van der Waals surface area contributed by atoms with Crippen LogP contribution in [0.2, 0.25) is 0 Å². The van der Waals surface area contributed by atoms with Crippen molar-refractivity contribution in [3.63, 3.8) is 0 Å². The second-order valence-corrected chi connectivity index (χ2v) is 11.4. The highest BCUT2D eigenvalue weighted by Gasteiger charge is 2.24. The van der Waals surface area contributed by atoms with E-state index in [2.05, 4.69) is 76.6 Å². The van der Waals surface area contributed by atoms with Crippen molar-refractivity contribution in [1.82, 2.24) is 15.1 Å². The van der Waals surface area contributed by atoms with E-state index in [4.69, 9.17) is 5.73 Å². The van der Waals surface area contributed by atoms with Gasteiger partial charge in [0.15, 0.2) is 5.78 Å². The minimum Gasteiger partial charge on any atom is -0.366 e. The summed E-state index contributed by atoms with van der Waals surface area (Å²) in [6, 6.07) is 24.5. The number of ketones is 1. The van der Waals surface area contributed by atoms with Gasteiger partial charge in [-0.25, -0.2) is 0 Å². The summed E-state index contributed by atoms with van der Waals surface area (Å²) in [5, 5.41) is 2.63. The van der Waals surface area contributed by atoms with E-state index in [-0.39, 0.29) is 18.2 Å². The first-order valence-electron chi connectivity index (χ1n) is 15.3. The van der Waals surface area contributed by atoms with Gasteiger partial charge in [0, 0.05) is 57.7 Å². The molecule has 0 radical (unpaired) electrons. The van der Waals surface area contributed by atoms with Crippen LogP contribution in [0.25, 0.3) is 12.2 Å². The quantitative estimate of drug-likeness (QED) is 0.254. The van der Waals surface area contributed by atoms with E-state index in [9.17, 15) is 14.4 Å². The van der Waals surface area contributed by atoms with Crippen molar-refractivity contribution in [3.8, 4) is 0 Å². The highest BCUT2D eigenvalue weighted by Crippen LogP contribution is 2.30. The smallest absolute Gasteiger partial charge is 0.249 e. The van der Waals surface area contributed by atoms with Crippen LogP contribution in [0.4, 0.5) is 0 Å². The van der Waals surface area contributed by atoms with Gasteiger partial charge in [-0.1, -0.05) is 98.6 Å². The number of rotatable bonds is 14. The van der Waals surface area contributed by atoms with E-state index in [0.717, 1.165) is 63.2 Å². The molecule has 1 unspecified atom stereocenters. The monoisotopic (exact) mass is 580 g/mol. The first-order chi connectivity index (χ1) is 20.8. The summed E-state index contributed by atoms with van der Waals surface area (Å²) in [7, 11) is 0. The lowest BCUT2D eigenvalue weighted by atomic mass is 9.84. The predicted octanol–water partition coefficient (Wildman–Crippen LogP) is 5.25. The van der Waals surface area contributed by atoms with Crippen molar-refractivity contribution in [1.29, 1.82) is 0 Å². The van der Waals surface area contributed by atoms with Gasteiger partial charge >= 0.3 is 0 Å². The zero-order chi connectivity index (χ0) is 30.6. The number of amides is 2. The Labute approximate surface area is 255 Å². The standard InChI is InChI=1S/C36H44N4O3/c1-3-4-11-33(35(42)24-38-27(2)41)31-12-8-13-34(36(37)43)32(31)19-18-28-14-16-30(17-15-28)26-40-22-20-39(21-23-40)25-29-9-6-5-7-10-29/h5-10,12-19,33H,3-4,11,20-26H2,1-2H3,(H2,37,43)(H,38,41). The van der Waals surface area contributed by atoms with Crippen LogP contribution in [0.1, 0.15) is 77.2 Å². The van der Waals surface area contributed by atoms with Crippen molar-refractivity contribution in [3.05, 3.63) is 106 Å². The number of unbranched alkanes of at least 4 members (excludes halogenated alkanes) is 1. The maximum atomic E-state index is 13.2. The molecule has 1 aliphatic heterocycles. The Hall–Kier alpha value is -4.07. The zero-order valence-electron chi connectivity index (χ0n) is 25.4. The van der Waals surface area contributed by atoms with Crippen molar-refractivity contribution >= 4 is 29.7 Å². The van der Waals surface area contributed by atoms with Gasteiger partial charge in [-0.2, -0.15) is 0 Å². The number of nitrogens with zero attached hydrogens (tertiary/aromatic N) is 2. The molecular formula is C36H44N4O3. The van der Waals surface area contributed by atoms with Gasteiger partial charge in [0.05, 0.1) is 6.54 Å². The fourth-order valence-electron chi connectivity index (χ4n) is 5.64. The lowest BCUT2D eigenvalue weighted by Gasteiger charge is -2.34. The molecule has 1 fully saturated rings. The number of hydrogen-bond acceptors (Lipinski definition) is 5. The minimum absolute atomic E-state index is 0.0444. The molecule has 226 valence electrons. The van der Waals surface area contributed by atoms with Crippen molar-refractivity contribution in [2.75, 3.05) is 32.7 Å². The van der Waals surface area contributed by atoms with Gasteiger partial charge in [0.2, 0.25) is 11.8 Å². The molecule has 7 heteroatoms. The normalized spacial score (nSPS) is 14.9. The Balaban J connectivity index is 1.44. The molecule has 0 saturated carbocycles. The minimum atomic E-state index is -0.538. The number of nitrogens with two attached hydrogens (primary N) is 1. The summed E-state index contributed by atoms with van der Waals surface area (Å²) in [6.45, 7) is 9.54. The highest BCUT2D eigenvalue weighted by atomic mass is 16.2. The number of benzene rings is 3. The number of carbonyl (C=O) groups is 3. The molecule has 1 aliphatic rings. The molecule has 1 atom stereocenters. The first kappa shape index (κ1) is 31.9. The SMILES string of the molecule is CCCCC(C(=O)CNC(C)=O)c1cccc(C(N)=O)c1C=Cc1ccc(CN2CCN(Cc3ccccc3)CC2)cc1. The van der Waals surface area contributed by atoms with Gasteiger partial charge in [-0.3, -0.25) is 24.2 Å². The summed E-state index contributed by atoms with van der Waals surface area (Å²) in [4.78, 5) is 42.1. The molecule has 4 rings (SSSR count). The molecule has 43 heavy (non-hydrogen) atoms. The van der Waals surface area contributed by atoms with Crippen molar-refractivity contribution in [2.45, 2.75) is 52.1 Å². The topological polar surface area (TPSA) is 95.7 Å². The zero-order valence-corrected chi connectivity index (χ0v) is 25.4. The second-order valence-electron chi connectivity index (χ2n) is 11.4. The van der Waals surface area contributed by atoms with Crippen LogP contribution < -0.4 is 11.1 Å². The Kier molecular flexibility index (Phi) is 11.8. The number of Topliss-reactive ketones (excluding diaryl/α,β-unsaturated/α-hetero) is 1. The van der Waals surface area contributed by atoms with Gasteiger partial charge in [0.25, 0.3) is 0 Å². The summed E-state index contributed by atoms with van der Waals surface area (Å²) >= 11 is 0. The number of nitrogens with one attached hydrogen (secondary N) is 1. The van der Waals surface area contributed by atoms with E-state index < -0.39 is 11.8 Å². The Morgan fingerprint density at radius 3 is 2.05 bits per heavy atom. The molecule has 0 aromatic heterocycles.